The second-order valence-electron chi connectivity index (χ2n) is 5.26. The van der Waals surface area contributed by atoms with Crippen LogP contribution in [-0.4, -0.2) is 80.0 Å². The Morgan fingerprint density at radius 1 is 1.50 bits per heavy atom. The summed E-state index contributed by atoms with van der Waals surface area (Å²) in [4.78, 5) is 26.2. The number of cyclic esters (lactones) is 1. The zero-order valence-corrected chi connectivity index (χ0v) is 11.4. The van der Waals surface area contributed by atoms with Gasteiger partial charge in [0.2, 0.25) is 5.91 Å². The van der Waals surface area contributed by atoms with Crippen molar-refractivity contribution in [1.29, 1.82) is 0 Å². The van der Waals surface area contributed by atoms with Crippen LogP contribution in [0.15, 0.2) is 0 Å². The van der Waals surface area contributed by atoms with E-state index in [0.29, 0.717) is 13.1 Å². The molecule has 2 heterocycles. The van der Waals surface area contributed by atoms with Crippen LogP contribution in [0.4, 0.5) is 8.78 Å². The van der Waals surface area contributed by atoms with E-state index >= 15 is 0 Å². The van der Waals surface area contributed by atoms with Crippen molar-refractivity contribution in [1.82, 2.24) is 15.1 Å². The standard InChI is InChI=1S/C12H19F2N3O3/c1-16(7-9-6-12(13,14)11(19)20-9)8-10(18)17-4-2-15-3-5-17/h9,15H,2-8H2,1H3. The van der Waals surface area contributed by atoms with Crippen LogP contribution in [0.3, 0.4) is 0 Å². The number of piperazine rings is 1. The highest BCUT2D eigenvalue weighted by Crippen LogP contribution is 2.30. The highest BCUT2D eigenvalue weighted by atomic mass is 19.3. The lowest BCUT2D eigenvalue weighted by molar-refractivity contribution is -0.159. The lowest BCUT2D eigenvalue weighted by Crippen LogP contribution is -2.49. The number of hydrogen-bond donors (Lipinski definition) is 1. The molecule has 2 aliphatic heterocycles. The molecule has 0 aromatic rings. The van der Waals surface area contributed by atoms with Crippen molar-refractivity contribution in [3.05, 3.63) is 0 Å². The number of carbonyl (C=O) groups is 2. The molecule has 114 valence electrons. The van der Waals surface area contributed by atoms with Gasteiger partial charge in [-0.05, 0) is 7.05 Å². The summed E-state index contributed by atoms with van der Waals surface area (Å²) in [6.45, 7) is 3.12. The Morgan fingerprint density at radius 3 is 2.70 bits per heavy atom. The van der Waals surface area contributed by atoms with E-state index in [-0.39, 0.29) is 19.0 Å². The number of alkyl halides is 2. The number of rotatable bonds is 4. The number of carbonyl (C=O) groups excluding carboxylic acids is 2. The topological polar surface area (TPSA) is 61.9 Å². The minimum atomic E-state index is -3.39. The summed E-state index contributed by atoms with van der Waals surface area (Å²) >= 11 is 0. The molecule has 0 bridgehead atoms. The van der Waals surface area contributed by atoms with Crippen molar-refractivity contribution >= 4 is 11.9 Å². The smallest absolute Gasteiger partial charge is 0.377 e. The first-order valence-electron chi connectivity index (χ1n) is 6.64. The fraction of sp³-hybridized carbons (Fsp3) is 0.833. The Kier molecular flexibility index (Phi) is 4.54. The summed E-state index contributed by atoms with van der Waals surface area (Å²) in [6, 6.07) is 0. The maximum atomic E-state index is 13.0. The first-order chi connectivity index (χ1) is 9.38. The molecule has 1 atom stereocenters. The molecule has 8 heteroatoms. The van der Waals surface area contributed by atoms with Crippen molar-refractivity contribution in [3.8, 4) is 0 Å². The fourth-order valence-corrected chi connectivity index (χ4v) is 2.41. The summed E-state index contributed by atoms with van der Waals surface area (Å²) in [5.74, 6) is -4.90. The maximum absolute atomic E-state index is 13.0. The van der Waals surface area contributed by atoms with Crippen molar-refractivity contribution in [3.63, 3.8) is 0 Å². The average Bonchev–Trinajstić information content (AvgIpc) is 2.63. The molecule has 0 aliphatic carbocycles. The van der Waals surface area contributed by atoms with Crippen LogP contribution in [0.1, 0.15) is 6.42 Å². The quantitative estimate of drug-likeness (QED) is 0.694. The molecule has 2 rings (SSSR count). The third-order valence-corrected chi connectivity index (χ3v) is 3.45. The first-order valence-corrected chi connectivity index (χ1v) is 6.64. The first kappa shape index (κ1) is 15.1. The van der Waals surface area contributed by atoms with Crippen LogP contribution in [0.5, 0.6) is 0 Å². The third-order valence-electron chi connectivity index (χ3n) is 3.45. The lowest BCUT2D eigenvalue weighted by atomic mass is 10.2. The summed E-state index contributed by atoms with van der Waals surface area (Å²) in [5, 5.41) is 3.15. The lowest BCUT2D eigenvalue weighted by Gasteiger charge is -2.29. The van der Waals surface area contributed by atoms with Crippen LogP contribution in [0, 0.1) is 0 Å². The van der Waals surface area contributed by atoms with Gasteiger partial charge in [-0.1, -0.05) is 0 Å². The number of ether oxygens (including phenoxy) is 1. The number of likely N-dealkylation sites (N-methyl/N-ethyl adjacent to an activating group) is 1. The number of halogens is 2. The molecular weight excluding hydrogens is 272 g/mol. The van der Waals surface area contributed by atoms with Crippen LogP contribution in [-0.2, 0) is 14.3 Å². The van der Waals surface area contributed by atoms with Crippen LogP contribution in [0.25, 0.3) is 0 Å². The number of amides is 1. The molecule has 0 aromatic carbocycles. The van der Waals surface area contributed by atoms with Crippen LogP contribution in [0.2, 0.25) is 0 Å². The predicted octanol–water partition coefficient (Wildman–Crippen LogP) is -0.699. The second kappa shape index (κ2) is 6.01. The number of esters is 1. The van der Waals surface area contributed by atoms with E-state index in [9.17, 15) is 18.4 Å². The van der Waals surface area contributed by atoms with E-state index in [4.69, 9.17) is 0 Å². The van der Waals surface area contributed by atoms with Gasteiger partial charge >= 0.3 is 11.9 Å². The Bertz CT molecular complexity index is 386. The number of nitrogens with one attached hydrogen (secondary N) is 1. The minimum absolute atomic E-state index is 0.0370. The SMILES string of the molecule is CN(CC(=O)N1CCNCC1)CC1CC(F)(F)C(=O)O1. The summed E-state index contributed by atoms with van der Waals surface area (Å²) in [5.41, 5.74) is 0. The normalized spacial score (nSPS) is 25.9. The van der Waals surface area contributed by atoms with Gasteiger partial charge in [-0.2, -0.15) is 8.78 Å². The van der Waals surface area contributed by atoms with Gasteiger partial charge in [0.1, 0.15) is 6.10 Å². The van der Waals surface area contributed by atoms with Crippen LogP contribution < -0.4 is 5.32 Å². The molecule has 6 nitrogen and oxygen atoms in total. The van der Waals surface area contributed by atoms with E-state index in [1.54, 1.807) is 16.8 Å². The molecular formula is C12H19F2N3O3. The summed E-state index contributed by atoms with van der Waals surface area (Å²) in [6.07, 6.45) is -1.46. The van der Waals surface area contributed by atoms with Crippen molar-refractivity contribution in [2.24, 2.45) is 0 Å². The van der Waals surface area contributed by atoms with Gasteiger partial charge in [-0.15, -0.1) is 0 Å². The fourth-order valence-electron chi connectivity index (χ4n) is 2.41. The van der Waals surface area contributed by atoms with Gasteiger partial charge in [-0.25, -0.2) is 4.79 Å². The van der Waals surface area contributed by atoms with E-state index in [1.165, 1.54) is 0 Å². The molecule has 1 amide bonds. The van der Waals surface area contributed by atoms with E-state index in [0.717, 1.165) is 13.1 Å². The Balaban J connectivity index is 1.76. The molecule has 0 spiro atoms. The number of nitrogens with zero attached hydrogens (tertiary/aromatic N) is 2. The second-order valence-corrected chi connectivity index (χ2v) is 5.26. The van der Waals surface area contributed by atoms with Gasteiger partial charge in [0.25, 0.3) is 0 Å². The van der Waals surface area contributed by atoms with Crippen molar-refractivity contribution in [2.75, 3.05) is 46.3 Å². The minimum Gasteiger partial charge on any atom is -0.456 e. The van der Waals surface area contributed by atoms with Crippen molar-refractivity contribution in [2.45, 2.75) is 18.4 Å². The Hall–Kier alpha value is -1.28. The zero-order chi connectivity index (χ0) is 14.8. The molecule has 0 radical (unpaired) electrons. The van der Waals surface area contributed by atoms with Gasteiger partial charge < -0.3 is 15.0 Å². The third kappa shape index (κ3) is 3.63. The highest BCUT2D eigenvalue weighted by molar-refractivity contribution is 5.80. The molecule has 1 N–H and O–H groups in total. The Labute approximate surface area is 116 Å². The van der Waals surface area contributed by atoms with Gasteiger partial charge in [0, 0.05) is 32.7 Å². The van der Waals surface area contributed by atoms with E-state index < -0.39 is 24.4 Å². The largest absolute Gasteiger partial charge is 0.456 e. The van der Waals surface area contributed by atoms with Crippen LogP contribution >= 0.6 is 0 Å². The van der Waals surface area contributed by atoms with Crippen molar-refractivity contribution < 1.29 is 23.1 Å². The van der Waals surface area contributed by atoms with E-state index in [2.05, 4.69) is 10.1 Å². The van der Waals surface area contributed by atoms with Gasteiger partial charge in [-0.3, -0.25) is 9.69 Å². The average molecular weight is 291 g/mol. The van der Waals surface area contributed by atoms with Gasteiger partial charge in [0.15, 0.2) is 0 Å². The monoisotopic (exact) mass is 291 g/mol. The molecule has 20 heavy (non-hydrogen) atoms. The molecule has 1 unspecified atom stereocenters. The predicted molar refractivity (Wildman–Crippen MR) is 66.4 cm³/mol. The molecule has 2 aliphatic rings. The summed E-state index contributed by atoms with van der Waals surface area (Å²) < 4.78 is 30.6. The molecule has 0 aromatic heterocycles. The van der Waals surface area contributed by atoms with E-state index in [1.807, 2.05) is 0 Å². The maximum Gasteiger partial charge on any atom is 0.377 e. The zero-order valence-electron chi connectivity index (χ0n) is 11.4. The molecule has 2 fully saturated rings. The molecule has 0 saturated carbocycles. The summed E-state index contributed by atoms with van der Waals surface area (Å²) in [7, 11) is 1.66. The molecule has 2 saturated heterocycles. The highest BCUT2D eigenvalue weighted by Gasteiger charge is 2.50. The van der Waals surface area contributed by atoms with Gasteiger partial charge in [0.05, 0.1) is 13.0 Å². The number of hydrogen-bond acceptors (Lipinski definition) is 5. The Morgan fingerprint density at radius 2 is 2.15 bits per heavy atom.